The highest BCUT2D eigenvalue weighted by molar-refractivity contribution is 9.10. The molecule has 0 bridgehead atoms. The van der Waals surface area contributed by atoms with E-state index in [0.717, 1.165) is 28.9 Å². The van der Waals surface area contributed by atoms with Crippen LogP contribution in [0.3, 0.4) is 0 Å². The van der Waals surface area contributed by atoms with Crippen molar-refractivity contribution in [2.24, 2.45) is 0 Å². The first-order valence-corrected chi connectivity index (χ1v) is 7.87. The smallest absolute Gasteiger partial charge is 0.222 e. The van der Waals surface area contributed by atoms with E-state index in [1.165, 1.54) is 0 Å². The molecule has 2 heterocycles. The Morgan fingerprint density at radius 3 is 2.90 bits per heavy atom. The van der Waals surface area contributed by atoms with Crippen LogP contribution in [-0.4, -0.2) is 50.7 Å². The van der Waals surface area contributed by atoms with E-state index in [0.29, 0.717) is 31.8 Å². The van der Waals surface area contributed by atoms with Gasteiger partial charge in [-0.3, -0.25) is 4.79 Å². The van der Waals surface area contributed by atoms with Crippen LogP contribution in [0.15, 0.2) is 16.6 Å². The van der Waals surface area contributed by atoms with Crippen LogP contribution >= 0.6 is 15.9 Å². The molecule has 1 aromatic rings. The first-order valence-electron chi connectivity index (χ1n) is 7.65. The van der Waals surface area contributed by atoms with Crippen molar-refractivity contribution < 1.29 is 15.6 Å². The van der Waals surface area contributed by atoms with E-state index >= 15 is 0 Å². The Labute approximate surface area is 134 Å². The summed E-state index contributed by atoms with van der Waals surface area (Å²) in [4.78, 5) is 15.7. The lowest BCUT2D eigenvalue weighted by atomic mass is 10.2. The average molecular weight is 356 g/mol. The maximum absolute atomic E-state index is 11.7. The Bertz CT molecular complexity index is 584. The first-order chi connectivity index (χ1) is 10.6. The molecular formula is C15H19BrN2O3. The second-order valence-corrected chi connectivity index (χ2v) is 6.02. The molecule has 5 nitrogen and oxygen atoms in total. The van der Waals surface area contributed by atoms with Crippen LogP contribution in [0.5, 0.6) is 11.5 Å². The van der Waals surface area contributed by atoms with Gasteiger partial charge in [0.15, 0.2) is 0 Å². The number of hydrogen-bond acceptors (Lipinski definition) is 4. The third kappa shape index (κ3) is 2.95. The molecule has 0 spiro atoms. The highest BCUT2D eigenvalue weighted by Crippen LogP contribution is 2.39. The van der Waals surface area contributed by atoms with Gasteiger partial charge in [-0.15, -0.1) is 0 Å². The Morgan fingerprint density at radius 2 is 2.19 bits per heavy atom. The molecular weight excluding hydrogens is 336 g/mol. The van der Waals surface area contributed by atoms with E-state index in [4.69, 9.17) is 10.8 Å². The average Bonchev–Trinajstić information content (AvgIpc) is 2.89. The van der Waals surface area contributed by atoms with Gasteiger partial charge < -0.3 is 19.3 Å². The number of benzene rings is 1. The molecule has 0 N–H and O–H groups in total. The molecule has 6 heteroatoms. The standard InChI is InChI=1S/C15H19BrN2O3/c1-20-13-10-12-14(9-11(13)16)21-8-7-17(12)5-6-18-4-2-3-15(18)19/h9-10H,2-8H2,1H3/i8D. The van der Waals surface area contributed by atoms with Crippen molar-refractivity contribution in [3.05, 3.63) is 16.6 Å². The SMILES string of the molecule is [2H]C1CN(CCN2CCCC2=O)c2cc(OC)c(Br)cc2O1. The summed E-state index contributed by atoms with van der Waals surface area (Å²) in [6.45, 7) is 2.08. The normalized spacial score (nSPS) is 21.9. The second kappa shape index (κ2) is 6.13. The molecule has 21 heavy (non-hydrogen) atoms. The molecule has 0 aliphatic carbocycles. The van der Waals surface area contributed by atoms with Crippen molar-refractivity contribution in [3.8, 4) is 11.5 Å². The Hall–Kier alpha value is -1.43. The number of amides is 1. The first kappa shape index (κ1) is 13.2. The van der Waals surface area contributed by atoms with Gasteiger partial charge in [0.1, 0.15) is 18.1 Å². The lowest BCUT2D eigenvalue weighted by molar-refractivity contribution is -0.127. The van der Waals surface area contributed by atoms with Gasteiger partial charge in [0.05, 0.1) is 25.2 Å². The summed E-state index contributed by atoms with van der Waals surface area (Å²) in [6.07, 6.45) is 1.60. The molecule has 1 atom stereocenters. The predicted octanol–water partition coefficient (Wildman–Crippen LogP) is 2.28. The minimum Gasteiger partial charge on any atom is -0.495 e. The summed E-state index contributed by atoms with van der Waals surface area (Å²) in [6, 6.07) is 3.75. The van der Waals surface area contributed by atoms with E-state index in [-0.39, 0.29) is 5.91 Å². The minimum atomic E-state index is -0.623. The van der Waals surface area contributed by atoms with Crippen molar-refractivity contribution in [1.82, 2.24) is 4.90 Å². The maximum Gasteiger partial charge on any atom is 0.222 e. The summed E-state index contributed by atoms with van der Waals surface area (Å²) in [5.74, 6) is 1.63. The van der Waals surface area contributed by atoms with E-state index in [1.807, 2.05) is 17.0 Å². The summed E-state index contributed by atoms with van der Waals surface area (Å²) >= 11 is 3.44. The van der Waals surface area contributed by atoms with Crippen LogP contribution < -0.4 is 14.4 Å². The Morgan fingerprint density at radius 1 is 1.38 bits per heavy atom. The molecule has 2 aliphatic heterocycles. The zero-order valence-corrected chi connectivity index (χ0v) is 13.6. The van der Waals surface area contributed by atoms with Crippen LogP contribution in [0, 0.1) is 0 Å². The second-order valence-electron chi connectivity index (χ2n) is 5.17. The van der Waals surface area contributed by atoms with Crippen molar-refractivity contribution in [3.63, 3.8) is 0 Å². The summed E-state index contributed by atoms with van der Waals surface area (Å²) in [5.41, 5.74) is 0.912. The fraction of sp³-hybridized carbons (Fsp3) is 0.533. The number of methoxy groups -OCH3 is 1. The quantitative estimate of drug-likeness (QED) is 0.830. The number of halogens is 1. The van der Waals surface area contributed by atoms with E-state index in [2.05, 4.69) is 20.8 Å². The van der Waals surface area contributed by atoms with Gasteiger partial charge in [-0.2, -0.15) is 0 Å². The van der Waals surface area contributed by atoms with Gasteiger partial charge in [-0.25, -0.2) is 0 Å². The largest absolute Gasteiger partial charge is 0.495 e. The molecule has 1 unspecified atom stereocenters. The van der Waals surface area contributed by atoms with Crippen LogP contribution in [-0.2, 0) is 4.79 Å². The molecule has 114 valence electrons. The van der Waals surface area contributed by atoms with Crippen molar-refractivity contribution >= 4 is 27.5 Å². The fourth-order valence-electron chi connectivity index (χ4n) is 2.73. The summed E-state index contributed by atoms with van der Waals surface area (Å²) in [5, 5.41) is 0. The molecule has 1 aromatic carbocycles. The third-order valence-corrected chi connectivity index (χ3v) is 4.51. The lowest BCUT2D eigenvalue weighted by Gasteiger charge is -2.33. The lowest BCUT2D eigenvalue weighted by Crippen LogP contribution is -2.39. The van der Waals surface area contributed by atoms with E-state index in [1.54, 1.807) is 7.11 Å². The molecule has 1 amide bonds. The van der Waals surface area contributed by atoms with Gasteiger partial charge in [0.25, 0.3) is 0 Å². The van der Waals surface area contributed by atoms with E-state index in [9.17, 15) is 4.79 Å². The fourth-order valence-corrected chi connectivity index (χ4v) is 3.22. The maximum atomic E-state index is 11.7. The molecule has 1 fully saturated rings. The predicted molar refractivity (Wildman–Crippen MR) is 84.2 cm³/mol. The summed E-state index contributed by atoms with van der Waals surface area (Å²) < 4.78 is 19.7. The van der Waals surface area contributed by atoms with Crippen LogP contribution in [0.25, 0.3) is 0 Å². The number of likely N-dealkylation sites (tertiary alicyclic amines) is 1. The number of ether oxygens (including phenoxy) is 2. The molecule has 0 radical (unpaired) electrons. The zero-order chi connectivity index (χ0) is 15.7. The summed E-state index contributed by atoms with van der Waals surface area (Å²) in [7, 11) is 1.62. The van der Waals surface area contributed by atoms with Gasteiger partial charge in [0, 0.05) is 38.2 Å². The topological polar surface area (TPSA) is 42.0 Å². The monoisotopic (exact) mass is 355 g/mol. The van der Waals surface area contributed by atoms with Gasteiger partial charge in [-0.1, -0.05) is 0 Å². The minimum absolute atomic E-state index is 0.226. The van der Waals surface area contributed by atoms with Gasteiger partial charge >= 0.3 is 0 Å². The zero-order valence-electron chi connectivity index (χ0n) is 13.0. The number of carbonyl (C=O) groups is 1. The van der Waals surface area contributed by atoms with Gasteiger partial charge in [-0.05, 0) is 22.4 Å². The molecule has 0 saturated carbocycles. The van der Waals surface area contributed by atoms with Crippen LogP contribution in [0.1, 0.15) is 14.2 Å². The number of nitrogens with zero attached hydrogens (tertiary/aromatic N) is 2. The van der Waals surface area contributed by atoms with Crippen LogP contribution in [0.4, 0.5) is 5.69 Å². The number of hydrogen-bond donors (Lipinski definition) is 0. The van der Waals surface area contributed by atoms with Crippen molar-refractivity contribution in [2.75, 3.05) is 44.8 Å². The highest BCUT2D eigenvalue weighted by atomic mass is 79.9. The van der Waals surface area contributed by atoms with Crippen molar-refractivity contribution in [2.45, 2.75) is 12.8 Å². The molecule has 3 rings (SSSR count). The Balaban J connectivity index is 1.79. The number of fused-ring (bicyclic) bond motifs is 1. The number of rotatable bonds is 4. The molecule has 0 aromatic heterocycles. The molecule has 2 aliphatic rings. The third-order valence-electron chi connectivity index (χ3n) is 3.89. The van der Waals surface area contributed by atoms with E-state index < -0.39 is 6.58 Å². The van der Waals surface area contributed by atoms with Gasteiger partial charge in [0.2, 0.25) is 5.91 Å². The molecule has 1 saturated heterocycles. The Kier molecular flexibility index (Phi) is 3.87. The highest BCUT2D eigenvalue weighted by Gasteiger charge is 2.24. The van der Waals surface area contributed by atoms with Crippen molar-refractivity contribution in [1.29, 1.82) is 0 Å². The number of carbonyl (C=O) groups excluding carboxylic acids is 1. The van der Waals surface area contributed by atoms with Crippen LogP contribution in [0.2, 0.25) is 0 Å². The number of anilines is 1.